The van der Waals surface area contributed by atoms with Gasteiger partial charge in [-0.25, -0.2) is 9.88 Å². The Morgan fingerprint density at radius 2 is 1.07 bits per heavy atom. The molecule has 0 fully saturated rings. The van der Waals surface area contributed by atoms with Gasteiger partial charge in [-0.15, -0.1) is 0 Å². The maximum atomic E-state index is 14.0. The van der Waals surface area contributed by atoms with E-state index < -0.39 is 11.8 Å². The van der Waals surface area contributed by atoms with E-state index in [0.717, 1.165) is 21.7 Å². The zero-order chi connectivity index (χ0) is 31.9. The molecule has 5 aromatic rings. The lowest BCUT2D eigenvalue weighted by molar-refractivity contribution is 0.0894. The molecule has 0 aliphatic carbocycles. The molecule has 0 unspecified atom stereocenters. The summed E-state index contributed by atoms with van der Waals surface area (Å²) in [6.45, 7) is 0. The van der Waals surface area contributed by atoms with E-state index in [4.69, 9.17) is 23.9 Å². The van der Waals surface area contributed by atoms with Gasteiger partial charge in [0, 0.05) is 36.7 Å². The first-order chi connectivity index (χ1) is 21.9. The molecule has 0 saturated carbocycles. The van der Waals surface area contributed by atoms with Gasteiger partial charge < -0.3 is 23.5 Å². The standard InChI is InChI=1S/C36H35N3O6/c1-38-29(21-25-17-19-31(43-3)33(23-25)45-5)28(20-24-16-18-30(42-2)32(22-24)44-4)37-36(38)39(34(40)26-12-8-6-9-13-26)35(41)27-14-10-7-11-15-27/h6-19,22-23H,20-21H2,1-5H3. The second-order valence-corrected chi connectivity index (χ2v) is 10.3. The van der Waals surface area contributed by atoms with Gasteiger partial charge in [0.25, 0.3) is 11.8 Å². The normalized spacial score (nSPS) is 10.7. The third-order valence-corrected chi connectivity index (χ3v) is 7.56. The van der Waals surface area contributed by atoms with Crippen molar-refractivity contribution in [3.8, 4) is 23.0 Å². The number of benzene rings is 4. The van der Waals surface area contributed by atoms with E-state index in [9.17, 15) is 9.59 Å². The van der Waals surface area contributed by atoms with Gasteiger partial charge in [0.2, 0.25) is 5.95 Å². The van der Waals surface area contributed by atoms with E-state index >= 15 is 0 Å². The van der Waals surface area contributed by atoms with Crippen molar-refractivity contribution in [2.75, 3.05) is 33.3 Å². The molecular weight excluding hydrogens is 570 g/mol. The van der Waals surface area contributed by atoms with Gasteiger partial charge in [-0.2, -0.15) is 0 Å². The number of carbonyl (C=O) groups excluding carboxylic acids is 2. The van der Waals surface area contributed by atoms with Crippen molar-refractivity contribution in [2.24, 2.45) is 7.05 Å². The molecule has 45 heavy (non-hydrogen) atoms. The Kier molecular flexibility index (Phi) is 9.48. The summed E-state index contributed by atoms with van der Waals surface area (Å²) in [5.41, 5.74) is 4.10. The number of imidazole rings is 1. The number of aromatic nitrogens is 2. The predicted octanol–water partition coefficient (Wildman–Crippen LogP) is 6.12. The fourth-order valence-corrected chi connectivity index (χ4v) is 5.20. The van der Waals surface area contributed by atoms with E-state index in [1.54, 1.807) is 77.0 Å². The Hall–Kier alpha value is -5.57. The summed E-state index contributed by atoms with van der Waals surface area (Å²) >= 11 is 0. The Morgan fingerprint density at radius 1 is 0.622 bits per heavy atom. The van der Waals surface area contributed by atoms with Gasteiger partial charge in [0.15, 0.2) is 23.0 Å². The topological polar surface area (TPSA) is 92.1 Å². The molecule has 0 aliphatic rings. The molecule has 2 amide bonds. The molecule has 0 N–H and O–H groups in total. The van der Waals surface area contributed by atoms with E-state index in [1.807, 2.05) is 60.1 Å². The van der Waals surface area contributed by atoms with Crippen molar-refractivity contribution in [3.05, 3.63) is 131 Å². The second kappa shape index (κ2) is 13.8. The molecule has 9 nitrogen and oxygen atoms in total. The van der Waals surface area contributed by atoms with Crippen molar-refractivity contribution in [1.29, 1.82) is 0 Å². The fourth-order valence-electron chi connectivity index (χ4n) is 5.20. The monoisotopic (exact) mass is 605 g/mol. The summed E-state index contributed by atoms with van der Waals surface area (Å²) in [5, 5.41) is 0. The highest BCUT2D eigenvalue weighted by molar-refractivity contribution is 6.25. The minimum absolute atomic E-state index is 0.212. The molecule has 1 heterocycles. The Morgan fingerprint density at radius 3 is 1.51 bits per heavy atom. The molecule has 0 spiro atoms. The molecule has 0 bridgehead atoms. The lowest BCUT2D eigenvalue weighted by Crippen LogP contribution is -2.39. The molecule has 0 radical (unpaired) electrons. The molecule has 5 rings (SSSR count). The first kappa shape index (κ1) is 30.9. The average Bonchev–Trinajstić information content (AvgIpc) is 3.38. The zero-order valence-corrected chi connectivity index (χ0v) is 25.9. The van der Waals surface area contributed by atoms with Gasteiger partial charge in [0.1, 0.15) is 0 Å². The van der Waals surface area contributed by atoms with Crippen LogP contribution in [0, 0.1) is 0 Å². The van der Waals surface area contributed by atoms with Crippen LogP contribution in [0.3, 0.4) is 0 Å². The number of rotatable bonds is 11. The lowest BCUT2D eigenvalue weighted by Gasteiger charge is -2.21. The van der Waals surface area contributed by atoms with Crippen LogP contribution in [0.5, 0.6) is 23.0 Å². The summed E-state index contributed by atoms with van der Waals surface area (Å²) < 4.78 is 23.8. The summed E-state index contributed by atoms with van der Waals surface area (Å²) in [5.74, 6) is 1.67. The number of amides is 2. The number of hydrogen-bond donors (Lipinski definition) is 0. The Balaban J connectivity index is 1.66. The van der Waals surface area contributed by atoms with Crippen molar-refractivity contribution in [3.63, 3.8) is 0 Å². The van der Waals surface area contributed by atoms with E-state index in [2.05, 4.69) is 0 Å². The van der Waals surface area contributed by atoms with Crippen molar-refractivity contribution in [2.45, 2.75) is 12.8 Å². The number of imide groups is 1. The summed E-state index contributed by atoms with van der Waals surface area (Å²) in [7, 11) is 8.18. The minimum Gasteiger partial charge on any atom is -0.493 e. The average molecular weight is 606 g/mol. The summed E-state index contributed by atoms with van der Waals surface area (Å²) in [4.78, 5) is 34.2. The van der Waals surface area contributed by atoms with Gasteiger partial charge in [-0.3, -0.25) is 9.59 Å². The molecule has 0 aliphatic heterocycles. The third kappa shape index (κ3) is 6.52. The number of nitrogens with zero attached hydrogens (tertiary/aromatic N) is 3. The van der Waals surface area contributed by atoms with E-state index in [1.165, 1.54) is 0 Å². The number of hydrogen-bond acceptors (Lipinski definition) is 7. The van der Waals surface area contributed by atoms with Gasteiger partial charge in [-0.05, 0) is 59.7 Å². The van der Waals surface area contributed by atoms with Crippen LogP contribution in [-0.4, -0.2) is 49.8 Å². The summed E-state index contributed by atoms with van der Waals surface area (Å²) in [6, 6.07) is 28.9. The highest BCUT2D eigenvalue weighted by atomic mass is 16.5. The minimum atomic E-state index is -0.479. The van der Waals surface area contributed by atoms with Crippen LogP contribution in [0.15, 0.2) is 97.1 Å². The maximum absolute atomic E-state index is 14.0. The predicted molar refractivity (Wildman–Crippen MR) is 172 cm³/mol. The highest BCUT2D eigenvalue weighted by Crippen LogP contribution is 2.33. The molecule has 230 valence electrons. The number of anilines is 1. The molecule has 4 aromatic carbocycles. The van der Waals surface area contributed by atoms with Crippen LogP contribution in [0.1, 0.15) is 43.2 Å². The van der Waals surface area contributed by atoms with E-state index in [-0.39, 0.29) is 5.95 Å². The first-order valence-corrected chi connectivity index (χ1v) is 14.3. The number of carbonyl (C=O) groups is 2. The molecule has 9 heteroatoms. The van der Waals surface area contributed by atoms with Crippen molar-refractivity contribution < 1.29 is 28.5 Å². The largest absolute Gasteiger partial charge is 0.493 e. The SMILES string of the molecule is COc1ccc(Cc2nc(N(C(=O)c3ccccc3)C(=O)c3ccccc3)n(C)c2Cc2ccc(OC)c(OC)c2)cc1OC. The van der Waals surface area contributed by atoms with Crippen LogP contribution in [0.25, 0.3) is 0 Å². The molecule has 0 atom stereocenters. The second-order valence-electron chi connectivity index (χ2n) is 10.3. The van der Waals surface area contributed by atoms with Crippen molar-refractivity contribution >= 4 is 17.8 Å². The van der Waals surface area contributed by atoms with Gasteiger partial charge >= 0.3 is 0 Å². The molecule has 0 saturated heterocycles. The van der Waals surface area contributed by atoms with Crippen LogP contribution < -0.4 is 23.8 Å². The van der Waals surface area contributed by atoms with Crippen LogP contribution in [0.4, 0.5) is 5.95 Å². The lowest BCUT2D eigenvalue weighted by atomic mass is 10.0. The van der Waals surface area contributed by atoms with E-state index in [0.29, 0.717) is 52.7 Å². The van der Waals surface area contributed by atoms with Crippen LogP contribution >= 0.6 is 0 Å². The molecule has 1 aromatic heterocycles. The maximum Gasteiger partial charge on any atom is 0.267 e. The van der Waals surface area contributed by atoms with Crippen LogP contribution in [-0.2, 0) is 19.9 Å². The summed E-state index contributed by atoms with van der Waals surface area (Å²) in [6.07, 6.45) is 0.850. The quantitative estimate of drug-likeness (QED) is 0.168. The molecular formula is C36H35N3O6. The first-order valence-electron chi connectivity index (χ1n) is 14.3. The third-order valence-electron chi connectivity index (χ3n) is 7.56. The Labute approximate surface area is 262 Å². The number of methoxy groups -OCH3 is 4. The highest BCUT2D eigenvalue weighted by Gasteiger charge is 2.31. The van der Waals surface area contributed by atoms with Crippen molar-refractivity contribution in [1.82, 2.24) is 9.55 Å². The van der Waals surface area contributed by atoms with Crippen LogP contribution in [0.2, 0.25) is 0 Å². The fraction of sp³-hybridized carbons (Fsp3) is 0.194. The van der Waals surface area contributed by atoms with Gasteiger partial charge in [0.05, 0.1) is 34.1 Å². The smallest absolute Gasteiger partial charge is 0.267 e. The Bertz CT molecular complexity index is 1750. The zero-order valence-electron chi connectivity index (χ0n) is 25.9. The van der Waals surface area contributed by atoms with Gasteiger partial charge in [-0.1, -0.05) is 48.5 Å². The number of ether oxygens (including phenoxy) is 4.